The average molecular weight is 364 g/mol. The lowest BCUT2D eigenvalue weighted by atomic mass is 10.1. The second-order valence-corrected chi connectivity index (χ2v) is 6.43. The molecular formula is C15H14ClN5O2S. The number of hydrogen-bond donors (Lipinski definition) is 1. The van der Waals surface area contributed by atoms with Crippen molar-refractivity contribution in [1.82, 2.24) is 25.1 Å². The van der Waals surface area contributed by atoms with Crippen molar-refractivity contribution in [1.29, 1.82) is 0 Å². The highest BCUT2D eigenvalue weighted by atomic mass is 35.5. The summed E-state index contributed by atoms with van der Waals surface area (Å²) in [6.07, 6.45) is 0. The van der Waals surface area contributed by atoms with Crippen LogP contribution in [-0.2, 0) is 11.3 Å². The summed E-state index contributed by atoms with van der Waals surface area (Å²) in [5.41, 5.74) is 0.347. The van der Waals surface area contributed by atoms with E-state index in [2.05, 4.69) is 15.7 Å². The molecule has 0 saturated carbocycles. The number of nitrogens with zero attached hydrogens (tertiary/aromatic N) is 4. The summed E-state index contributed by atoms with van der Waals surface area (Å²) in [6, 6.07) is 10.6. The van der Waals surface area contributed by atoms with E-state index >= 15 is 0 Å². The van der Waals surface area contributed by atoms with Crippen LogP contribution in [-0.4, -0.2) is 25.7 Å². The van der Waals surface area contributed by atoms with Gasteiger partial charge in [-0.1, -0.05) is 29.8 Å². The fourth-order valence-electron chi connectivity index (χ4n) is 2.23. The van der Waals surface area contributed by atoms with Gasteiger partial charge in [0, 0.05) is 5.02 Å². The first-order valence-electron chi connectivity index (χ1n) is 7.17. The third-order valence-electron chi connectivity index (χ3n) is 3.40. The Morgan fingerprint density at radius 1 is 1.29 bits per heavy atom. The minimum Gasteiger partial charge on any atom is -0.348 e. The van der Waals surface area contributed by atoms with Crippen LogP contribution in [0.4, 0.5) is 0 Å². The van der Waals surface area contributed by atoms with Crippen LogP contribution in [0, 0.1) is 0 Å². The molecule has 1 atom stereocenters. The van der Waals surface area contributed by atoms with E-state index in [0.717, 1.165) is 14.9 Å². The molecule has 1 amide bonds. The summed E-state index contributed by atoms with van der Waals surface area (Å²) >= 11 is 7.48. The molecule has 3 aromatic rings. The van der Waals surface area contributed by atoms with Crippen LogP contribution in [0.25, 0.3) is 5.00 Å². The van der Waals surface area contributed by atoms with Crippen LogP contribution in [0.5, 0.6) is 0 Å². The number of carbonyl (C=O) groups excluding carboxylic acids is 1. The Morgan fingerprint density at radius 3 is 2.79 bits per heavy atom. The van der Waals surface area contributed by atoms with Gasteiger partial charge in [-0.2, -0.15) is 9.36 Å². The summed E-state index contributed by atoms with van der Waals surface area (Å²) in [6.45, 7) is 1.61. The summed E-state index contributed by atoms with van der Waals surface area (Å²) in [4.78, 5) is 24.4. The van der Waals surface area contributed by atoms with Gasteiger partial charge in [-0.05, 0) is 46.5 Å². The zero-order valence-electron chi connectivity index (χ0n) is 12.7. The first kappa shape index (κ1) is 16.4. The van der Waals surface area contributed by atoms with Gasteiger partial charge in [0.15, 0.2) is 0 Å². The molecular weight excluding hydrogens is 350 g/mol. The Balaban J connectivity index is 1.70. The van der Waals surface area contributed by atoms with Crippen LogP contribution in [0.2, 0.25) is 5.02 Å². The third-order valence-corrected chi connectivity index (χ3v) is 4.58. The number of halogens is 1. The van der Waals surface area contributed by atoms with Gasteiger partial charge < -0.3 is 5.32 Å². The molecule has 7 nitrogen and oxygen atoms in total. The fraction of sp³-hybridized carbons (Fsp3) is 0.200. The number of amides is 1. The van der Waals surface area contributed by atoms with Crippen molar-refractivity contribution in [2.45, 2.75) is 19.5 Å². The lowest BCUT2D eigenvalue weighted by molar-refractivity contribution is -0.122. The molecule has 1 N–H and O–H groups in total. The van der Waals surface area contributed by atoms with E-state index in [4.69, 9.17) is 11.6 Å². The largest absolute Gasteiger partial charge is 0.369 e. The first-order valence-corrected chi connectivity index (χ1v) is 8.42. The number of hydrogen-bond acceptors (Lipinski definition) is 5. The summed E-state index contributed by atoms with van der Waals surface area (Å²) in [5.74, 6) is -0.345. The molecule has 0 radical (unpaired) electrons. The van der Waals surface area contributed by atoms with Gasteiger partial charge in [0.1, 0.15) is 11.5 Å². The second kappa shape index (κ2) is 6.98. The molecule has 2 heterocycles. The molecule has 0 aliphatic carbocycles. The minimum absolute atomic E-state index is 0.209. The topological polar surface area (TPSA) is 81.8 Å². The molecule has 0 aliphatic heterocycles. The third kappa shape index (κ3) is 3.39. The van der Waals surface area contributed by atoms with E-state index in [-0.39, 0.29) is 18.5 Å². The maximum Gasteiger partial charge on any atom is 0.369 e. The standard InChI is InChI=1S/C15H14ClN5O2S/c1-10(11-5-2-3-6-12(11)16)17-13(22)9-20-15(23)21(19-18-20)14-7-4-8-24-14/h2-8,10H,9H2,1H3,(H,17,22)/t10-/m0/s1. The van der Waals surface area contributed by atoms with Crippen molar-refractivity contribution in [3.05, 3.63) is 62.8 Å². The van der Waals surface area contributed by atoms with Gasteiger partial charge in [-0.3, -0.25) is 4.79 Å². The monoisotopic (exact) mass is 363 g/mol. The van der Waals surface area contributed by atoms with E-state index in [1.54, 1.807) is 12.1 Å². The molecule has 1 aromatic carbocycles. The van der Waals surface area contributed by atoms with E-state index in [1.807, 2.05) is 36.6 Å². The lowest BCUT2D eigenvalue weighted by Gasteiger charge is -2.15. The molecule has 0 aliphatic rings. The highest BCUT2D eigenvalue weighted by Gasteiger charge is 2.16. The molecule has 124 valence electrons. The number of aromatic nitrogens is 4. The van der Waals surface area contributed by atoms with E-state index in [0.29, 0.717) is 10.0 Å². The van der Waals surface area contributed by atoms with Crippen molar-refractivity contribution in [3.8, 4) is 5.00 Å². The molecule has 0 saturated heterocycles. The van der Waals surface area contributed by atoms with Crippen LogP contribution in [0.15, 0.2) is 46.6 Å². The van der Waals surface area contributed by atoms with Gasteiger partial charge in [0.25, 0.3) is 0 Å². The SMILES string of the molecule is C[C@H](NC(=O)Cn1nnn(-c2cccs2)c1=O)c1ccccc1Cl. The number of carbonyl (C=O) groups is 1. The molecule has 9 heteroatoms. The van der Waals surface area contributed by atoms with Crippen molar-refractivity contribution in [2.75, 3.05) is 0 Å². The molecule has 0 bridgehead atoms. The first-order chi connectivity index (χ1) is 11.6. The minimum atomic E-state index is -0.460. The molecule has 0 unspecified atom stereocenters. The highest BCUT2D eigenvalue weighted by molar-refractivity contribution is 7.12. The Kier molecular flexibility index (Phi) is 4.77. The number of tetrazole rings is 1. The van der Waals surface area contributed by atoms with Crippen molar-refractivity contribution < 1.29 is 4.79 Å². The van der Waals surface area contributed by atoms with Crippen LogP contribution in [0.1, 0.15) is 18.5 Å². The zero-order chi connectivity index (χ0) is 17.1. The summed E-state index contributed by atoms with van der Waals surface area (Å²) in [5, 5.41) is 13.4. The van der Waals surface area contributed by atoms with Gasteiger partial charge in [0.05, 0.1) is 6.04 Å². The van der Waals surface area contributed by atoms with Crippen molar-refractivity contribution in [2.24, 2.45) is 0 Å². The Bertz CT molecular complexity index is 903. The average Bonchev–Trinajstić information content (AvgIpc) is 3.18. The quantitative estimate of drug-likeness (QED) is 0.751. The smallest absolute Gasteiger partial charge is 0.348 e. The van der Waals surface area contributed by atoms with Gasteiger partial charge in [-0.15, -0.1) is 11.3 Å². The number of benzene rings is 1. The Hall–Kier alpha value is -2.45. The molecule has 3 rings (SSSR count). The molecule has 24 heavy (non-hydrogen) atoms. The molecule has 2 aromatic heterocycles. The van der Waals surface area contributed by atoms with Crippen molar-refractivity contribution >= 4 is 28.8 Å². The summed E-state index contributed by atoms with van der Waals surface area (Å²) in [7, 11) is 0. The van der Waals surface area contributed by atoms with Gasteiger partial charge in [-0.25, -0.2) is 4.79 Å². The molecule has 0 fully saturated rings. The predicted octanol–water partition coefficient (Wildman–Crippen LogP) is 2.02. The van der Waals surface area contributed by atoms with Crippen LogP contribution in [0.3, 0.4) is 0 Å². The maximum atomic E-state index is 12.2. The highest BCUT2D eigenvalue weighted by Crippen LogP contribution is 2.21. The fourth-order valence-corrected chi connectivity index (χ4v) is 3.20. The second-order valence-electron chi connectivity index (χ2n) is 5.09. The maximum absolute atomic E-state index is 12.2. The number of rotatable bonds is 5. The van der Waals surface area contributed by atoms with Crippen LogP contribution >= 0.6 is 22.9 Å². The predicted molar refractivity (Wildman–Crippen MR) is 91.5 cm³/mol. The normalized spacial score (nSPS) is 12.1. The number of thiophene rings is 1. The Labute approximate surface area is 146 Å². The van der Waals surface area contributed by atoms with Gasteiger partial charge in [0.2, 0.25) is 5.91 Å². The number of nitrogens with one attached hydrogen (secondary N) is 1. The van der Waals surface area contributed by atoms with Gasteiger partial charge >= 0.3 is 5.69 Å². The van der Waals surface area contributed by atoms with E-state index < -0.39 is 5.69 Å². The lowest BCUT2D eigenvalue weighted by Crippen LogP contribution is -2.34. The van der Waals surface area contributed by atoms with Crippen molar-refractivity contribution in [3.63, 3.8) is 0 Å². The Morgan fingerprint density at radius 2 is 2.08 bits per heavy atom. The van der Waals surface area contributed by atoms with E-state index in [9.17, 15) is 9.59 Å². The summed E-state index contributed by atoms with van der Waals surface area (Å²) < 4.78 is 2.18. The zero-order valence-corrected chi connectivity index (χ0v) is 14.3. The van der Waals surface area contributed by atoms with E-state index in [1.165, 1.54) is 11.3 Å². The molecule has 0 spiro atoms. The van der Waals surface area contributed by atoms with Crippen LogP contribution < -0.4 is 11.0 Å².